The molecule has 0 radical (unpaired) electrons. The summed E-state index contributed by atoms with van der Waals surface area (Å²) in [5.41, 5.74) is 2.28. The minimum atomic E-state index is 0.0420. The molecule has 2 rings (SSSR count). The number of hydrogen-bond donors (Lipinski definition) is 1. The lowest BCUT2D eigenvalue weighted by molar-refractivity contribution is 0.317. The van der Waals surface area contributed by atoms with Gasteiger partial charge in [0.05, 0.1) is 17.9 Å². The summed E-state index contributed by atoms with van der Waals surface area (Å²) in [6.07, 6.45) is 1.59. The molecule has 2 aromatic rings. The number of phenolic OH excluding ortho intramolecular Hbond substituents is 1. The summed E-state index contributed by atoms with van der Waals surface area (Å²) in [5, 5.41) is 10.9. The number of phenols is 1. The summed E-state index contributed by atoms with van der Waals surface area (Å²) < 4.78 is 6.91. The van der Waals surface area contributed by atoms with E-state index in [2.05, 4.69) is 36.9 Å². The third-order valence-electron chi connectivity index (χ3n) is 3.00. The fourth-order valence-electron chi connectivity index (χ4n) is 1.85. The largest absolute Gasteiger partial charge is 0.504 e. The Bertz CT molecular complexity index is 733. The number of halogens is 3. The van der Waals surface area contributed by atoms with Gasteiger partial charge in [0, 0.05) is 20.2 Å². The van der Waals surface area contributed by atoms with Crippen molar-refractivity contribution in [2.75, 3.05) is 6.61 Å². The first-order valence-electron chi connectivity index (χ1n) is 6.58. The summed E-state index contributed by atoms with van der Waals surface area (Å²) in [6.45, 7) is 4.27. The van der Waals surface area contributed by atoms with Crippen molar-refractivity contribution >= 4 is 55.4 Å². The van der Waals surface area contributed by atoms with E-state index in [4.69, 9.17) is 16.3 Å². The molecule has 0 saturated heterocycles. The highest BCUT2D eigenvalue weighted by molar-refractivity contribution is 9.13. The predicted octanol–water partition coefficient (Wildman–Crippen LogP) is 6.03. The van der Waals surface area contributed by atoms with Gasteiger partial charge in [0.25, 0.3) is 0 Å². The van der Waals surface area contributed by atoms with Gasteiger partial charge >= 0.3 is 0 Å². The van der Waals surface area contributed by atoms with E-state index >= 15 is 0 Å². The van der Waals surface area contributed by atoms with Gasteiger partial charge in [0.1, 0.15) is 0 Å². The molecule has 0 aliphatic heterocycles. The molecule has 0 amide bonds. The van der Waals surface area contributed by atoms with E-state index in [9.17, 15) is 5.11 Å². The van der Waals surface area contributed by atoms with Gasteiger partial charge in [0.15, 0.2) is 11.5 Å². The quantitative estimate of drug-likeness (QED) is 0.582. The molecule has 0 aromatic heterocycles. The fraction of sp³-hybridized carbons (Fsp3) is 0.188. The maximum Gasteiger partial charge on any atom is 0.167 e. The molecule has 0 aliphatic rings. The minimum absolute atomic E-state index is 0.0420. The van der Waals surface area contributed by atoms with Crippen LogP contribution in [0.4, 0.5) is 5.69 Å². The maximum atomic E-state index is 10.3. The SMILES string of the molecule is CCOc1cc(Br)c(Br)c(C=Nc2cc(Cl)ccc2C)c1O. The molecule has 0 aliphatic carbocycles. The zero-order chi connectivity index (χ0) is 16.3. The molecule has 2 aromatic carbocycles. The molecule has 0 unspecified atom stereocenters. The molecule has 0 saturated carbocycles. The smallest absolute Gasteiger partial charge is 0.167 e. The van der Waals surface area contributed by atoms with Crippen LogP contribution in [0.15, 0.2) is 38.2 Å². The second-order valence-electron chi connectivity index (χ2n) is 4.55. The fourth-order valence-corrected chi connectivity index (χ4v) is 2.84. The highest BCUT2D eigenvalue weighted by Crippen LogP contribution is 2.40. The van der Waals surface area contributed by atoms with Crippen LogP contribution < -0.4 is 4.74 Å². The summed E-state index contributed by atoms with van der Waals surface area (Å²) in [6, 6.07) is 7.21. The van der Waals surface area contributed by atoms with Crippen LogP contribution in [0.1, 0.15) is 18.1 Å². The standard InChI is InChI=1S/C16H14Br2ClNO2/c1-3-22-14-7-12(17)15(18)11(16(14)21)8-20-13-6-10(19)5-4-9(13)2/h4-8,21H,3H2,1-2H3. The first-order valence-corrected chi connectivity index (χ1v) is 8.54. The molecule has 0 heterocycles. The van der Waals surface area contributed by atoms with Crippen molar-refractivity contribution in [1.29, 1.82) is 0 Å². The summed E-state index contributed by atoms with van der Waals surface area (Å²) in [4.78, 5) is 4.43. The number of aliphatic imine (C=N–C) groups is 1. The number of benzene rings is 2. The van der Waals surface area contributed by atoms with E-state index in [1.165, 1.54) is 0 Å². The lowest BCUT2D eigenvalue weighted by Gasteiger charge is -2.11. The Morgan fingerprint density at radius 3 is 2.73 bits per heavy atom. The minimum Gasteiger partial charge on any atom is -0.504 e. The Morgan fingerprint density at radius 2 is 2.05 bits per heavy atom. The van der Waals surface area contributed by atoms with E-state index in [0.29, 0.717) is 27.4 Å². The van der Waals surface area contributed by atoms with Gasteiger partial charge in [-0.05, 0) is 69.5 Å². The highest BCUT2D eigenvalue weighted by atomic mass is 79.9. The van der Waals surface area contributed by atoms with E-state index in [1.807, 2.05) is 26.0 Å². The number of aryl methyl sites for hydroxylation is 1. The number of aromatic hydroxyl groups is 1. The molecule has 0 atom stereocenters. The third kappa shape index (κ3) is 3.83. The Morgan fingerprint density at radius 1 is 1.32 bits per heavy atom. The van der Waals surface area contributed by atoms with Crippen molar-refractivity contribution in [2.24, 2.45) is 4.99 Å². The average molecular weight is 448 g/mol. The molecule has 1 N–H and O–H groups in total. The molecule has 0 spiro atoms. The predicted molar refractivity (Wildman–Crippen MR) is 98.1 cm³/mol. The van der Waals surface area contributed by atoms with E-state index < -0.39 is 0 Å². The summed E-state index contributed by atoms with van der Waals surface area (Å²) in [7, 11) is 0. The topological polar surface area (TPSA) is 41.8 Å². The first kappa shape index (κ1) is 17.3. The van der Waals surface area contributed by atoms with Crippen LogP contribution in [0.25, 0.3) is 0 Å². The van der Waals surface area contributed by atoms with Crippen LogP contribution in [0.5, 0.6) is 11.5 Å². The monoisotopic (exact) mass is 445 g/mol. The Balaban J connectivity index is 2.48. The van der Waals surface area contributed by atoms with Gasteiger partial charge in [-0.25, -0.2) is 0 Å². The Kier molecular flexibility index (Phi) is 5.89. The third-order valence-corrected chi connectivity index (χ3v) is 5.24. The summed E-state index contributed by atoms with van der Waals surface area (Å²) in [5.74, 6) is 0.446. The van der Waals surface area contributed by atoms with E-state index in [1.54, 1.807) is 18.3 Å². The van der Waals surface area contributed by atoms with Gasteiger partial charge in [-0.1, -0.05) is 17.7 Å². The number of nitrogens with zero attached hydrogens (tertiary/aromatic N) is 1. The van der Waals surface area contributed by atoms with Crippen molar-refractivity contribution < 1.29 is 9.84 Å². The molecule has 0 fully saturated rings. The molecule has 116 valence electrons. The van der Waals surface area contributed by atoms with Crippen LogP contribution >= 0.6 is 43.5 Å². The van der Waals surface area contributed by atoms with E-state index in [0.717, 1.165) is 15.7 Å². The zero-order valence-electron chi connectivity index (χ0n) is 12.0. The normalized spacial score (nSPS) is 11.1. The second-order valence-corrected chi connectivity index (χ2v) is 6.64. The Hall–Kier alpha value is -1.04. The van der Waals surface area contributed by atoms with Gasteiger partial charge in [-0.2, -0.15) is 0 Å². The van der Waals surface area contributed by atoms with Crippen molar-refractivity contribution in [3.8, 4) is 11.5 Å². The van der Waals surface area contributed by atoms with Crippen molar-refractivity contribution in [3.05, 3.63) is 49.4 Å². The average Bonchev–Trinajstić information content (AvgIpc) is 2.48. The number of ether oxygens (including phenoxy) is 1. The van der Waals surface area contributed by atoms with E-state index in [-0.39, 0.29) is 5.75 Å². The lowest BCUT2D eigenvalue weighted by Crippen LogP contribution is -1.96. The molecule has 22 heavy (non-hydrogen) atoms. The molecule has 0 bridgehead atoms. The van der Waals surface area contributed by atoms with Crippen LogP contribution in [0, 0.1) is 6.92 Å². The van der Waals surface area contributed by atoms with Crippen LogP contribution in [-0.2, 0) is 0 Å². The van der Waals surface area contributed by atoms with Gasteiger partial charge in [-0.15, -0.1) is 0 Å². The molecular formula is C16H14Br2ClNO2. The first-order chi connectivity index (χ1) is 10.4. The van der Waals surface area contributed by atoms with Crippen molar-refractivity contribution in [3.63, 3.8) is 0 Å². The van der Waals surface area contributed by atoms with Gasteiger partial charge < -0.3 is 9.84 Å². The van der Waals surface area contributed by atoms with Gasteiger partial charge in [-0.3, -0.25) is 4.99 Å². The number of hydrogen-bond acceptors (Lipinski definition) is 3. The Labute approximate surface area is 151 Å². The number of rotatable bonds is 4. The van der Waals surface area contributed by atoms with Crippen molar-refractivity contribution in [1.82, 2.24) is 0 Å². The van der Waals surface area contributed by atoms with Crippen LogP contribution in [0.3, 0.4) is 0 Å². The zero-order valence-corrected chi connectivity index (χ0v) is 16.0. The molecular weight excluding hydrogens is 433 g/mol. The lowest BCUT2D eigenvalue weighted by atomic mass is 10.2. The van der Waals surface area contributed by atoms with Crippen LogP contribution in [0.2, 0.25) is 5.02 Å². The van der Waals surface area contributed by atoms with Gasteiger partial charge in [0.2, 0.25) is 0 Å². The maximum absolute atomic E-state index is 10.3. The van der Waals surface area contributed by atoms with Crippen molar-refractivity contribution in [2.45, 2.75) is 13.8 Å². The highest BCUT2D eigenvalue weighted by Gasteiger charge is 2.14. The van der Waals surface area contributed by atoms with Crippen LogP contribution in [-0.4, -0.2) is 17.9 Å². The molecule has 3 nitrogen and oxygen atoms in total. The molecule has 6 heteroatoms. The second kappa shape index (κ2) is 7.49. The summed E-state index contributed by atoms with van der Waals surface area (Å²) >= 11 is 12.9.